The third-order valence-corrected chi connectivity index (χ3v) is 2.97. The second-order valence-electron chi connectivity index (χ2n) is 4.72. The highest BCUT2D eigenvalue weighted by Crippen LogP contribution is 2.29. The molecule has 1 nitrogen and oxygen atoms in total. The molecule has 0 aliphatic heterocycles. The number of rotatable bonds is 4. The summed E-state index contributed by atoms with van der Waals surface area (Å²) in [7, 11) is 0. The lowest BCUT2D eigenvalue weighted by molar-refractivity contribution is -0.137. The van der Waals surface area contributed by atoms with Crippen molar-refractivity contribution >= 4 is 5.78 Å². The fourth-order valence-corrected chi connectivity index (χ4v) is 1.98. The summed E-state index contributed by atoms with van der Waals surface area (Å²) in [5.41, 5.74) is 0.180. The lowest BCUT2D eigenvalue weighted by Gasteiger charge is -2.08. The van der Waals surface area contributed by atoms with Crippen LogP contribution in [0.3, 0.4) is 0 Å². The van der Waals surface area contributed by atoms with E-state index in [1.807, 2.05) is 0 Å². The summed E-state index contributed by atoms with van der Waals surface area (Å²) in [4.78, 5) is 11.9. The second-order valence-corrected chi connectivity index (χ2v) is 4.72. The standard InChI is InChI=1S/C16H12F4O/c17-14-6-4-11(5-7-14)9-15(21)10-12-2-1-3-13(8-12)16(18,19)20/h1-8H,9-10H2. The van der Waals surface area contributed by atoms with Crippen LogP contribution >= 0.6 is 0 Å². The Morgan fingerprint density at radius 3 is 2.14 bits per heavy atom. The average Bonchev–Trinajstić information content (AvgIpc) is 2.41. The van der Waals surface area contributed by atoms with Gasteiger partial charge in [-0.25, -0.2) is 4.39 Å². The van der Waals surface area contributed by atoms with E-state index in [-0.39, 0.29) is 18.6 Å². The Balaban J connectivity index is 2.04. The third kappa shape index (κ3) is 4.41. The van der Waals surface area contributed by atoms with Gasteiger partial charge in [0.2, 0.25) is 0 Å². The first-order chi connectivity index (χ1) is 9.84. The van der Waals surface area contributed by atoms with E-state index in [0.29, 0.717) is 11.1 Å². The van der Waals surface area contributed by atoms with Crippen LogP contribution in [-0.4, -0.2) is 5.78 Å². The van der Waals surface area contributed by atoms with Crippen LogP contribution < -0.4 is 0 Å². The topological polar surface area (TPSA) is 17.1 Å². The maximum Gasteiger partial charge on any atom is 0.416 e. The molecule has 2 aromatic carbocycles. The SMILES string of the molecule is O=C(Cc1ccc(F)cc1)Cc1cccc(C(F)(F)F)c1. The Morgan fingerprint density at radius 2 is 1.52 bits per heavy atom. The number of carbonyl (C=O) groups excluding carboxylic acids is 1. The Bertz CT molecular complexity index is 629. The number of hydrogen-bond acceptors (Lipinski definition) is 1. The fraction of sp³-hybridized carbons (Fsp3) is 0.188. The summed E-state index contributed by atoms with van der Waals surface area (Å²) < 4.78 is 50.4. The molecular weight excluding hydrogens is 284 g/mol. The zero-order valence-electron chi connectivity index (χ0n) is 11.0. The van der Waals surface area contributed by atoms with Crippen molar-refractivity contribution in [3.8, 4) is 0 Å². The maximum atomic E-state index is 12.7. The van der Waals surface area contributed by atoms with Gasteiger partial charge in [0.15, 0.2) is 0 Å². The first-order valence-corrected chi connectivity index (χ1v) is 6.27. The molecule has 0 aromatic heterocycles. The molecule has 0 aliphatic rings. The zero-order valence-corrected chi connectivity index (χ0v) is 11.0. The van der Waals surface area contributed by atoms with Gasteiger partial charge in [0.05, 0.1) is 5.56 Å². The van der Waals surface area contributed by atoms with Crippen LogP contribution in [0.5, 0.6) is 0 Å². The summed E-state index contributed by atoms with van der Waals surface area (Å²) in [5.74, 6) is -0.620. The molecule has 0 fully saturated rings. The van der Waals surface area contributed by atoms with Gasteiger partial charge in [0, 0.05) is 12.8 Å². The Kier molecular flexibility index (Phi) is 4.40. The number of alkyl halides is 3. The van der Waals surface area contributed by atoms with Crippen molar-refractivity contribution < 1.29 is 22.4 Å². The minimum atomic E-state index is -4.42. The van der Waals surface area contributed by atoms with E-state index in [1.54, 1.807) is 0 Å². The summed E-state index contributed by atoms with van der Waals surface area (Å²) in [6, 6.07) is 10.2. The van der Waals surface area contributed by atoms with Gasteiger partial charge < -0.3 is 0 Å². The number of benzene rings is 2. The number of carbonyl (C=O) groups is 1. The predicted octanol–water partition coefficient (Wildman–Crippen LogP) is 4.20. The minimum absolute atomic E-state index is 0.0660. The molecule has 110 valence electrons. The van der Waals surface area contributed by atoms with E-state index in [2.05, 4.69) is 0 Å². The molecule has 0 unspecified atom stereocenters. The number of halogens is 4. The third-order valence-electron chi connectivity index (χ3n) is 2.97. The molecule has 0 radical (unpaired) electrons. The normalized spacial score (nSPS) is 11.4. The highest BCUT2D eigenvalue weighted by molar-refractivity contribution is 5.83. The van der Waals surface area contributed by atoms with Crippen molar-refractivity contribution in [1.82, 2.24) is 0 Å². The second kappa shape index (κ2) is 6.08. The first-order valence-electron chi connectivity index (χ1n) is 6.27. The predicted molar refractivity (Wildman–Crippen MR) is 70.3 cm³/mol. The summed E-state index contributed by atoms with van der Waals surface area (Å²) in [5, 5.41) is 0. The highest BCUT2D eigenvalue weighted by atomic mass is 19.4. The van der Waals surface area contributed by atoms with E-state index < -0.39 is 17.6 Å². The van der Waals surface area contributed by atoms with Crippen molar-refractivity contribution in [1.29, 1.82) is 0 Å². The molecule has 0 atom stereocenters. The van der Waals surface area contributed by atoms with Gasteiger partial charge >= 0.3 is 6.18 Å². The van der Waals surface area contributed by atoms with Gasteiger partial charge in [-0.1, -0.05) is 30.3 Å². The van der Waals surface area contributed by atoms with Crippen molar-refractivity contribution in [3.63, 3.8) is 0 Å². The molecule has 0 bridgehead atoms. The lowest BCUT2D eigenvalue weighted by atomic mass is 10.0. The summed E-state index contributed by atoms with van der Waals surface area (Å²) >= 11 is 0. The highest BCUT2D eigenvalue weighted by Gasteiger charge is 2.30. The smallest absolute Gasteiger partial charge is 0.299 e. The summed E-state index contributed by atoms with van der Waals surface area (Å²) in [6.07, 6.45) is -4.44. The molecule has 0 heterocycles. The Morgan fingerprint density at radius 1 is 0.905 bits per heavy atom. The van der Waals surface area contributed by atoms with E-state index in [9.17, 15) is 22.4 Å². The van der Waals surface area contributed by atoms with Gasteiger partial charge in [-0.15, -0.1) is 0 Å². The van der Waals surface area contributed by atoms with Crippen molar-refractivity contribution in [2.45, 2.75) is 19.0 Å². The maximum absolute atomic E-state index is 12.7. The quantitative estimate of drug-likeness (QED) is 0.773. The monoisotopic (exact) mass is 296 g/mol. The molecule has 0 amide bonds. The van der Waals surface area contributed by atoms with Crippen molar-refractivity contribution in [3.05, 3.63) is 71.0 Å². The fourth-order valence-electron chi connectivity index (χ4n) is 1.98. The molecule has 2 rings (SSSR count). The van der Waals surface area contributed by atoms with E-state index in [0.717, 1.165) is 12.1 Å². The van der Waals surface area contributed by atoms with Gasteiger partial charge in [-0.3, -0.25) is 4.79 Å². The van der Waals surface area contributed by atoms with Gasteiger partial charge in [-0.05, 0) is 29.3 Å². The van der Waals surface area contributed by atoms with Crippen molar-refractivity contribution in [2.75, 3.05) is 0 Å². The lowest BCUT2D eigenvalue weighted by Crippen LogP contribution is -2.09. The molecular formula is C16H12F4O. The molecule has 0 aliphatic carbocycles. The number of ketones is 1. The number of Topliss-reactive ketones (excluding diaryl/α,β-unsaturated/α-hetero) is 1. The molecule has 0 N–H and O–H groups in total. The van der Waals surface area contributed by atoms with Crippen LogP contribution in [-0.2, 0) is 23.8 Å². The Labute approximate surface area is 119 Å². The van der Waals surface area contributed by atoms with Gasteiger partial charge in [-0.2, -0.15) is 13.2 Å². The molecule has 0 spiro atoms. The number of hydrogen-bond donors (Lipinski definition) is 0. The van der Waals surface area contributed by atoms with E-state index in [1.165, 1.54) is 36.4 Å². The average molecular weight is 296 g/mol. The van der Waals surface area contributed by atoms with E-state index >= 15 is 0 Å². The molecule has 0 saturated heterocycles. The molecule has 21 heavy (non-hydrogen) atoms. The van der Waals surface area contributed by atoms with Crippen LogP contribution in [0.25, 0.3) is 0 Å². The summed E-state index contributed by atoms with van der Waals surface area (Å²) in [6.45, 7) is 0. The van der Waals surface area contributed by atoms with Crippen LogP contribution in [0.1, 0.15) is 16.7 Å². The van der Waals surface area contributed by atoms with Gasteiger partial charge in [0.25, 0.3) is 0 Å². The largest absolute Gasteiger partial charge is 0.416 e. The van der Waals surface area contributed by atoms with Gasteiger partial charge in [0.1, 0.15) is 11.6 Å². The van der Waals surface area contributed by atoms with Crippen molar-refractivity contribution in [2.24, 2.45) is 0 Å². The van der Waals surface area contributed by atoms with Crippen LogP contribution in [0.4, 0.5) is 17.6 Å². The Hall–Kier alpha value is -2.17. The minimum Gasteiger partial charge on any atom is -0.299 e. The molecule has 2 aromatic rings. The van der Waals surface area contributed by atoms with Crippen LogP contribution in [0, 0.1) is 5.82 Å². The molecule has 5 heteroatoms. The van der Waals surface area contributed by atoms with E-state index in [4.69, 9.17) is 0 Å². The zero-order chi connectivity index (χ0) is 15.5. The van der Waals surface area contributed by atoms with Crippen LogP contribution in [0.15, 0.2) is 48.5 Å². The van der Waals surface area contributed by atoms with Crippen LogP contribution in [0.2, 0.25) is 0 Å². The molecule has 0 saturated carbocycles. The first kappa shape index (κ1) is 15.2.